The van der Waals surface area contributed by atoms with Gasteiger partial charge in [0.15, 0.2) is 0 Å². The van der Waals surface area contributed by atoms with Gasteiger partial charge in [0.2, 0.25) is 11.8 Å². The number of aromatic nitrogens is 2. The standard InChI is InChI=1S/C22H26N4O5/c1-29-17-6-3-5-16(12-17)26-13-15(11-19(26)27)22(28)25-10-4-7-18(14-25)31-21-20(30-2)23-8-9-24-21/h3,5-6,8-9,12,15,18H,4,7,10-11,13-14H2,1-2H3. The van der Waals surface area contributed by atoms with Crippen molar-refractivity contribution < 1.29 is 23.8 Å². The molecule has 2 fully saturated rings. The van der Waals surface area contributed by atoms with E-state index in [0.717, 1.165) is 18.5 Å². The van der Waals surface area contributed by atoms with Crippen molar-refractivity contribution in [3.63, 3.8) is 0 Å². The molecule has 31 heavy (non-hydrogen) atoms. The van der Waals surface area contributed by atoms with E-state index in [2.05, 4.69) is 9.97 Å². The Bertz CT molecular complexity index is 953. The first-order valence-corrected chi connectivity index (χ1v) is 10.3. The van der Waals surface area contributed by atoms with E-state index >= 15 is 0 Å². The molecule has 2 amide bonds. The minimum absolute atomic E-state index is 0.0156. The van der Waals surface area contributed by atoms with Crippen molar-refractivity contribution in [3.8, 4) is 17.5 Å². The highest BCUT2D eigenvalue weighted by molar-refractivity contribution is 6.00. The Kier molecular flexibility index (Phi) is 6.20. The van der Waals surface area contributed by atoms with E-state index in [-0.39, 0.29) is 30.3 Å². The number of anilines is 1. The normalized spacial score (nSPS) is 21.2. The van der Waals surface area contributed by atoms with Crippen LogP contribution in [-0.4, -0.2) is 66.6 Å². The summed E-state index contributed by atoms with van der Waals surface area (Å²) >= 11 is 0. The Morgan fingerprint density at radius 2 is 1.90 bits per heavy atom. The van der Waals surface area contributed by atoms with Gasteiger partial charge in [-0.3, -0.25) is 9.59 Å². The average molecular weight is 426 g/mol. The highest BCUT2D eigenvalue weighted by Crippen LogP contribution is 2.30. The Morgan fingerprint density at radius 1 is 1.10 bits per heavy atom. The number of carbonyl (C=O) groups excluding carboxylic acids is 2. The number of nitrogens with zero attached hydrogens (tertiary/aromatic N) is 4. The first kappa shape index (κ1) is 20.9. The van der Waals surface area contributed by atoms with Crippen LogP contribution in [0, 0.1) is 5.92 Å². The molecule has 9 heteroatoms. The van der Waals surface area contributed by atoms with Crippen molar-refractivity contribution in [1.29, 1.82) is 0 Å². The zero-order valence-corrected chi connectivity index (χ0v) is 17.7. The van der Waals surface area contributed by atoms with E-state index in [1.54, 1.807) is 23.1 Å². The van der Waals surface area contributed by atoms with Gasteiger partial charge in [-0.15, -0.1) is 0 Å². The SMILES string of the molecule is COc1cccc(N2CC(C(=O)N3CCCC(Oc4nccnc4OC)C3)CC2=O)c1. The highest BCUT2D eigenvalue weighted by atomic mass is 16.5. The average Bonchev–Trinajstić information content (AvgIpc) is 3.20. The lowest BCUT2D eigenvalue weighted by molar-refractivity contribution is -0.138. The van der Waals surface area contributed by atoms with Gasteiger partial charge in [-0.05, 0) is 25.0 Å². The van der Waals surface area contributed by atoms with Crippen LogP contribution < -0.4 is 19.1 Å². The molecular formula is C22H26N4O5. The van der Waals surface area contributed by atoms with Crippen molar-refractivity contribution in [1.82, 2.24) is 14.9 Å². The van der Waals surface area contributed by atoms with Gasteiger partial charge in [-0.1, -0.05) is 6.07 Å². The number of likely N-dealkylation sites (tertiary alicyclic amines) is 1. The van der Waals surface area contributed by atoms with Gasteiger partial charge in [0.05, 0.1) is 26.7 Å². The molecule has 2 saturated heterocycles. The van der Waals surface area contributed by atoms with Crippen molar-refractivity contribution in [2.45, 2.75) is 25.4 Å². The molecule has 1 aromatic heterocycles. The van der Waals surface area contributed by atoms with E-state index in [9.17, 15) is 9.59 Å². The fourth-order valence-electron chi connectivity index (χ4n) is 4.08. The van der Waals surface area contributed by atoms with Crippen LogP contribution in [0.15, 0.2) is 36.7 Å². The fraction of sp³-hybridized carbons (Fsp3) is 0.455. The third kappa shape index (κ3) is 4.55. The molecule has 0 spiro atoms. The molecule has 0 radical (unpaired) electrons. The van der Waals surface area contributed by atoms with Gasteiger partial charge >= 0.3 is 0 Å². The summed E-state index contributed by atoms with van der Waals surface area (Å²) in [4.78, 5) is 37.5. The van der Waals surface area contributed by atoms with Gasteiger partial charge in [0.25, 0.3) is 11.8 Å². The minimum atomic E-state index is -0.372. The molecule has 9 nitrogen and oxygen atoms in total. The molecule has 2 aromatic rings. The second-order valence-corrected chi connectivity index (χ2v) is 7.64. The summed E-state index contributed by atoms with van der Waals surface area (Å²) in [6.07, 6.45) is 4.71. The summed E-state index contributed by atoms with van der Waals surface area (Å²) < 4.78 is 16.4. The topological polar surface area (TPSA) is 94.1 Å². The third-order valence-corrected chi connectivity index (χ3v) is 5.63. The fourth-order valence-corrected chi connectivity index (χ4v) is 4.08. The minimum Gasteiger partial charge on any atom is -0.497 e. The lowest BCUT2D eigenvalue weighted by Gasteiger charge is -2.34. The van der Waals surface area contributed by atoms with Crippen LogP contribution in [0.5, 0.6) is 17.5 Å². The lowest BCUT2D eigenvalue weighted by atomic mass is 10.0. The summed E-state index contributed by atoms with van der Waals surface area (Å²) in [6, 6.07) is 7.33. The zero-order chi connectivity index (χ0) is 21.8. The van der Waals surface area contributed by atoms with Crippen LogP contribution in [-0.2, 0) is 9.59 Å². The third-order valence-electron chi connectivity index (χ3n) is 5.63. The van der Waals surface area contributed by atoms with Gasteiger partial charge in [-0.25, -0.2) is 9.97 Å². The number of carbonyl (C=O) groups is 2. The van der Waals surface area contributed by atoms with Gasteiger partial charge in [0.1, 0.15) is 11.9 Å². The summed E-state index contributed by atoms with van der Waals surface area (Å²) in [5.41, 5.74) is 0.745. The number of hydrogen-bond acceptors (Lipinski definition) is 7. The van der Waals surface area contributed by atoms with Crippen molar-refractivity contribution in [3.05, 3.63) is 36.7 Å². The second-order valence-electron chi connectivity index (χ2n) is 7.64. The molecule has 0 bridgehead atoms. The maximum atomic E-state index is 13.2. The first-order chi connectivity index (χ1) is 15.1. The Morgan fingerprint density at radius 3 is 2.68 bits per heavy atom. The smallest absolute Gasteiger partial charge is 0.278 e. The number of hydrogen-bond donors (Lipinski definition) is 0. The van der Waals surface area contributed by atoms with Crippen LogP contribution in [0.25, 0.3) is 0 Å². The first-order valence-electron chi connectivity index (χ1n) is 10.3. The molecule has 4 rings (SSSR count). The van der Waals surface area contributed by atoms with Crippen LogP contribution in [0.4, 0.5) is 5.69 Å². The van der Waals surface area contributed by atoms with Gasteiger partial charge < -0.3 is 24.0 Å². The van der Waals surface area contributed by atoms with E-state index in [0.29, 0.717) is 37.1 Å². The summed E-state index contributed by atoms with van der Waals surface area (Å²) in [7, 11) is 3.10. The molecule has 2 aliphatic heterocycles. The second kappa shape index (κ2) is 9.20. The predicted molar refractivity (Wildman–Crippen MR) is 112 cm³/mol. The number of rotatable bonds is 6. The molecule has 0 aliphatic carbocycles. The van der Waals surface area contributed by atoms with Gasteiger partial charge in [-0.2, -0.15) is 0 Å². The van der Waals surface area contributed by atoms with Crippen LogP contribution >= 0.6 is 0 Å². The van der Waals surface area contributed by atoms with Crippen LogP contribution in [0.1, 0.15) is 19.3 Å². The largest absolute Gasteiger partial charge is 0.497 e. The summed E-state index contributed by atoms with van der Waals surface area (Å²) in [5, 5.41) is 0. The van der Waals surface area contributed by atoms with E-state index in [4.69, 9.17) is 14.2 Å². The zero-order valence-electron chi connectivity index (χ0n) is 17.7. The van der Waals surface area contributed by atoms with E-state index in [1.165, 1.54) is 13.3 Å². The van der Waals surface area contributed by atoms with Gasteiger partial charge in [0, 0.05) is 43.7 Å². The summed E-state index contributed by atoms with van der Waals surface area (Å²) in [6.45, 7) is 1.47. The molecule has 3 heterocycles. The maximum absolute atomic E-state index is 13.2. The molecular weight excluding hydrogens is 400 g/mol. The number of ether oxygens (including phenoxy) is 3. The lowest BCUT2D eigenvalue weighted by Crippen LogP contribution is -2.47. The molecule has 1 aromatic carbocycles. The molecule has 164 valence electrons. The maximum Gasteiger partial charge on any atom is 0.278 e. The Balaban J connectivity index is 1.40. The highest BCUT2D eigenvalue weighted by Gasteiger charge is 2.38. The van der Waals surface area contributed by atoms with Crippen molar-refractivity contribution in [2.24, 2.45) is 5.92 Å². The quantitative estimate of drug-likeness (QED) is 0.696. The number of amides is 2. The molecule has 0 N–H and O–H groups in total. The molecule has 2 aliphatic rings. The molecule has 2 atom stereocenters. The Hall–Kier alpha value is -3.36. The van der Waals surface area contributed by atoms with Crippen LogP contribution in [0.3, 0.4) is 0 Å². The van der Waals surface area contributed by atoms with E-state index < -0.39 is 0 Å². The monoisotopic (exact) mass is 426 g/mol. The van der Waals surface area contributed by atoms with E-state index in [1.807, 2.05) is 24.3 Å². The van der Waals surface area contributed by atoms with Crippen molar-refractivity contribution in [2.75, 3.05) is 38.8 Å². The number of piperidine rings is 1. The predicted octanol–water partition coefficient (Wildman–Crippen LogP) is 1.92. The Labute approximate surface area is 180 Å². The molecule has 2 unspecified atom stereocenters. The summed E-state index contributed by atoms with van der Waals surface area (Å²) in [5.74, 6) is 0.878. The molecule has 0 saturated carbocycles. The van der Waals surface area contributed by atoms with Crippen molar-refractivity contribution >= 4 is 17.5 Å². The number of methoxy groups -OCH3 is 2. The van der Waals surface area contributed by atoms with Crippen LogP contribution in [0.2, 0.25) is 0 Å². The number of benzene rings is 1.